The molecule has 8 rings (SSSR count). The first-order chi connectivity index (χ1) is 27.0. The molecule has 4 nitrogen and oxygen atoms in total. The Bertz CT molecular complexity index is 2820. The van der Waals surface area contributed by atoms with Gasteiger partial charge in [-0.25, -0.2) is 15.0 Å². The second-order valence-electron chi connectivity index (χ2n) is 9.16. The summed E-state index contributed by atoms with van der Waals surface area (Å²) in [5, 5.41) is -0.891. The van der Waals surface area contributed by atoms with E-state index in [0.717, 1.165) is 5.56 Å². The van der Waals surface area contributed by atoms with Crippen molar-refractivity contribution in [2.75, 3.05) is 0 Å². The SMILES string of the molecule is [2H]c1c([2H])c([2H])c(-c2nc(C3=CC=CC4Oc5ccccc5C34)nc(-c3c([2H])c([2H])c([2H])c4c(-c5c([2H])c([2H])c([2H])c([2H])c5[2H])c([2H])c([2H])c([2H])c34)n2)c([2H])c1[2H]. The predicted octanol–water partition coefficient (Wildman–Crippen LogP) is 8.52. The molecule has 2 atom stereocenters. The molecule has 2 heterocycles. The van der Waals surface area contributed by atoms with Gasteiger partial charge in [0.05, 0.1) is 27.9 Å². The van der Waals surface area contributed by atoms with Gasteiger partial charge in [-0.2, -0.15) is 0 Å². The molecule has 0 saturated heterocycles. The molecule has 0 radical (unpaired) electrons. The summed E-state index contributed by atoms with van der Waals surface area (Å²) in [5.74, 6) is -0.946. The third-order valence-electron chi connectivity index (χ3n) is 6.85. The van der Waals surface area contributed by atoms with Gasteiger partial charge in [-0.05, 0) is 34.0 Å². The maximum Gasteiger partial charge on any atom is 0.164 e. The number of para-hydroxylation sites is 1. The maximum atomic E-state index is 9.16. The van der Waals surface area contributed by atoms with E-state index < -0.39 is 153 Å². The molecule has 0 amide bonds. The van der Waals surface area contributed by atoms with E-state index in [1.807, 2.05) is 18.2 Å². The largest absolute Gasteiger partial charge is 0.485 e. The number of fused-ring (bicyclic) bond motifs is 4. The van der Waals surface area contributed by atoms with Gasteiger partial charge in [-0.3, -0.25) is 0 Å². The molecule has 0 saturated carbocycles. The van der Waals surface area contributed by atoms with E-state index >= 15 is 0 Å². The fourth-order valence-electron chi connectivity index (χ4n) is 5.08. The minimum atomic E-state index is -0.801. The fourth-order valence-corrected chi connectivity index (χ4v) is 5.08. The number of hydrogen-bond acceptors (Lipinski definition) is 4. The van der Waals surface area contributed by atoms with Crippen molar-refractivity contribution in [1.82, 2.24) is 15.0 Å². The topological polar surface area (TPSA) is 47.9 Å². The van der Waals surface area contributed by atoms with Crippen LogP contribution in [0.25, 0.3) is 50.2 Å². The minimum absolute atomic E-state index is 0.101. The number of allylic oxidation sites excluding steroid dienone is 2. The van der Waals surface area contributed by atoms with Gasteiger partial charge < -0.3 is 4.74 Å². The number of nitrogens with zero attached hydrogens (tertiary/aromatic N) is 3. The molecule has 2 aliphatic rings. The summed E-state index contributed by atoms with van der Waals surface area (Å²) in [7, 11) is 0. The van der Waals surface area contributed by atoms with Gasteiger partial charge in [0.1, 0.15) is 11.9 Å². The Hall–Kier alpha value is -5.35. The van der Waals surface area contributed by atoms with E-state index in [1.165, 1.54) is 0 Å². The molecule has 2 unspecified atom stereocenters. The van der Waals surface area contributed by atoms with Gasteiger partial charge in [0.2, 0.25) is 0 Å². The molecule has 1 aromatic heterocycles. The highest BCUT2D eigenvalue weighted by Gasteiger charge is 2.38. The molecule has 5 aromatic carbocycles. The molecule has 6 aromatic rings. The average molecular weight is 544 g/mol. The van der Waals surface area contributed by atoms with Gasteiger partial charge >= 0.3 is 0 Å². The Morgan fingerprint density at radius 3 is 2.07 bits per heavy atom. The van der Waals surface area contributed by atoms with Crippen LogP contribution in [0, 0.1) is 0 Å². The van der Waals surface area contributed by atoms with Crippen molar-refractivity contribution >= 4 is 16.3 Å². The predicted molar refractivity (Wildman–Crippen MR) is 164 cm³/mol. The van der Waals surface area contributed by atoms with Gasteiger partial charge in [-0.1, -0.05) is 127 Å². The minimum Gasteiger partial charge on any atom is -0.485 e. The van der Waals surface area contributed by atoms with Crippen LogP contribution in [0.1, 0.15) is 39.2 Å². The zero-order valence-electron chi connectivity index (χ0n) is 36.9. The van der Waals surface area contributed by atoms with Crippen LogP contribution in [0.4, 0.5) is 0 Å². The van der Waals surface area contributed by atoms with Crippen LogP contribution in [0.2, 0.25) is 0 Å². The average Bonchev–Trinajstić information content (AvgIpc) is 3.59. The van der Waals surface area contributed by atoms with Gasteiger partial charge in [-0.15, -0.1) is 0 Å². The Kier molecular flexibility index (Phi) is 2.94. The highest BCUT2D eigenvalue weighted by Crippen LogP contribution is 2.47. The molecule has 0 bridgehead atoms. The Morgan fingerprint density at radius 1 is 0.610 bits per heavy atom. The molecule has 1 aliphatic heterocycles. The molecular formula is C37H25N3O. The number of aromatic nitrogens is 3. The molecule has 4 heteroatoms. The normalized spacial score (nSPS) is 22.5. The summed E-state index contributed by atoms with van der Waals surface area (Å²) in [4.78, 5) is 13.8. The lowest BCUT2D eigenvalue weighted by Crippen LogP contribution is -2.20. The summed E-state index contributed by atoms with van der Waals surface area (Å²) >= 11 is 0. The van der Waals surface area contributed by atoms with Crippen molar-refractivity contribution in [3.8, 4) is 39.7 Å². The third-order valence-corrected chi connectivity index (χ3v) is 6.85. The van der Waals surface area contributed by atoms with E-state index in [-0.39, 0.29) is 5.82 Å². The van der Waals surface area contributed by atoms with Crippen molar-refractivity contribution in [2.45, 2.75) is 12.0 Å². The van der Waals surface area contributed by atoms with Crippen LogP contribution in [0.15, 0.2) is 139 Å². The van der Waals surface area contributed by atoms with Gasteiger partial charge in [0.25, 0.3) is 0 Å². The summed E-state index contributed by atoms with van der Waals surface area (Å²) < 4.78 is 144. The summed E-state index contributed by atoms with van der Waals surface area (Å²) in [6.45, 7) is 0. The maximum absolute atomic E-state index is 9.16. The van der Waals surface area contributed by atoms with Crippen LogP contribution in [0.5, 0.6) is 5.75 Å². The van der Waals surface area contributed by atoms with Crippen LogP contribution in [0.3, 0.4) is 0 Å². The standard InChI is InChI=1S/C37H25N3O/c1-3-12-24(13-4-1)26-17-9-19-28-27(26)18-10-20-29(28)36-38-35(25-14-5-2-6-15-25)39-37(40-36)31-21-11-23-33-34(31)30-16-7-8-22-32(30)41-33/h1-23,33-34H/i1D,2D,3D,4D,5D,6D,9D,10D,12D,13D,14D,15D,17D,18D,19D,20D. The van der Waals surface area contributed by atoms with Crippen LogP contribution < -0.4 is 4.74 Å². The second-order valence-corrected chi connectivity index (χ2v) is 9.16. The lowest BCUT2D eigenvalue weighted by Gasteiger charge is -2.22. The highest BCUT2D eigenvalue weighted by molar-refractivity contribution is 6.03. The van der Waals surface area contributed by atoms with Crippen LogP contribution in [-0.4, -0.2) is 21.1 Å². The number of hydrogen-bond donors (Lipinski definition) is 0. The quantitative estimate of drug-likeness (QED) is 0.224. The Morgan fingerprint density at radius 2 is 1.27 bits per heavy atom. The zero-order valence-corrected chi connectivity index (χ0v) is 20.9. The highest BCUT2D eigenvalue weighted by atomic mass is 16.5. The zero-order chi connectivity index (χ0) is 41.1. The number of rotatable bonds is 4. The molecule has 0 N–H and O–H groups in total. The van der Waals surface area contributed by atoms with E-state index in [2.05, 4.69) is 9.97 Å². The van der Waals surface area contributed by atoms with Gasteiger partial charge in [0, 0.05) is 22.3 Å². The molecule has 1 aliphatic carbocycles. The summed E-state index contributed by atoms with van der Waals surface area (Å²) in [6.07, 6.45) is 4.69. The monoisotopic (exact) mass is 543 g/mol. The number of benzene rings is 5. The van der Waals surface area contributed by atoms with Crippen molar-refractivity contribution in [1.29, 1.82) is 0 Å². The van der Waals surface area contributed by atoms with Crippen molar-refractivity contribution < 1.29 is 26.7 Å². The molecule has 0 spiro atoms. The first-order valence-corrected chi connectivity index (χ1v) is 12.6. The number of ether oxygens (including phenoxy) is 1. The van der Waals surface area contributed by atoms with Crippen molar-refractivity contribution in [3.05, 3.63) is 151 Å². The van der Waals surface area contributed by atoms with E-state index in [0.29, 0.717) is 11.3 Å². The lowest BCUT2D eigenvalue weighted by molar-refractivity contribution is 0.271. The first-order valence-electron chi connectivity index (χ1n) is 20.6. The van der Waals surface area contributed by atoms with E-state index in [1.54, 1.807) is 24.3 Å². The Labute approximate surface area is 260 Å². The van der Waals surface area contributed by atoms with Gasteiger partial charge in [0.15, 0.2) is 17.5 Å². The van der Waals surface area contributed by atoms with Crippen molar-refractivity contribution in [2.24, 2.45) is 0 Å². The van der Waals surface area contributed by atoms with E-state index in [4.69, 9.17) is 31.7 Å². The molecule has 41 heavy (non-hydrogen) atoms. The first kappa shape index (κ1) is 12.4. The summed E-state index contributed by atoms with van der Waals surface area (Å²) in [5.41, 5.74) is -0.766. The third kappa shape index (κ3) is 4.04. The Balaban J connectivity index is 1.53. The molecular weight excluding hydrogens is 502 g/mol. The molecule has 0 fully saturated rings. The van der Waals surface area contributed by atoms with E-state index in [9.17, 15) is 0 Å². The lowest BCUT2D eigenvalue weighted by atomic mass is 9.84. The smallest absolute Gasteiger partial charge is 0.164 e. The fraction of sp³-hybridized carbons (Fsp3) is 0.0541. The molecule has 194 valence electrons. The second kappa shape index (κ2) is 9.68. The van der Waals surface area contributed by atoms with Crippen LogP contribution in [-0.2, 0) is 0 Å². The van der Waals surface area contributed by atoms with Crippen molar-refractivity contribution in [3.63, 3.8) is 0 Å². The van der Waals surface area contributed by atoms with Crippen LogP contribution >= 0.6 is 0 Å². The summed E-state index contributed by atoms with van der Waals surface area (Å²) in [6, 6.07) is -4.51.